The van der Waals surface area contributed by atoms with Crippen LogP contribution in [-0.4, -0.2) is 16.0 Å². The number of H-pyrrole nitrogens is 1. The quantitative estimate of drug-likeness (QED) is 0.666. The largest absolute Gasteiger partial charge is 0.382 e. The van der Waals surface area contributed by atoms with Crippen molar-refractivity contribution in [3.05, 3.63) is 5.82 Å². The molecular weight excluding hydrogens is 164 g/mol. The van der Waals surface area contributed by atoms with Gasteiger partial charge < -0.3 is 16.0 Å². The maximum absolute atomic E-state index is 5.71. The Morgan fingerprint density at radius 3 is 2.77 bits per heavy atom. The molecule has 0 saturated heterocycles. The van der Waals surface area contributed by atoms with Crippen LogP contribution in [0.15, 0.2) is 0 Å². The molecule has 0 bridgehead atoms. The summed E-state index contributed by atoms with van der Waals surface area (Å²) >= 11 is 0. The number of anilines is 2. The third-order valence-corrected chi connectivity index (χ3v) is 1.96. The lowest BCUT2D eigenvalue weighted by Crippen LogP contribution is -2.15. The van der Waals surface area contributed by atoms with Crippen LogP contribution in [0.1, 0.15) is 32.5 Å². The van der Waals surface area contributed by atoms with Gasteiger partial charge in [-0.25, -0.2) is 4.98 Å². The number of aryl methyl sites for hydroxylation is 1. The minimum Gasteiger partial charge on any atom is -0.382 e. The summed E-state index contributed by atoms with van der Waals surface area (Å²) in [6.07, 6.45) is 2.29. The highest BCUT2D eigenvalue weighted by atomic mass is 15.1. The van der Waals surface area contributed by atoms with Crippen LogP contribution < -0.4 is 11.1 Å². The van der Waals surface area contributed by atoms with Crippen molar-refractivity contribution in [3.8, 4) is 0 Å². The number of nitrogens with one attached hydrogen (secondary N) is 2. The zero-order chi connectivity index (χ0) is 9.84. The monoisotopic (exact) mass is 182 g/mol. The second-order valence-corrected chi connectivity index (χ2v) is 3.42. The zero-order valence-electron chi connectivity index (χ0n) is 8.52. The van der Waals surface area contributed by atoms with E-state index in [1.807, 2.05) is 6.92 Å². The van der Waals surface area contributed by atoms with Crippen LogP contribution in [0.5, 0.6) is 0 Å². The molecule has 0 fully saturated rings. The number of nitrogens with zero attached hydrogens (tertiary/aromatic N) is 1. The normalized spacial score (nSPS) is 12.8. The molecule has 1 aromatic heterocycles. The van der Waals surface area contributed by atoms with E-state index in [1.165, 1.54) is 0 Å². The van der Waals surface area contributed by atoms with Gasteiger partial charge in [0, 0.05) is 6.04 Å². The summed E-state index contributed by atoms with van der Waals surface area (Å²) in [5.41, 5.74) is 5.71. The minimum atomic E-state index is 0.426. The number of imidazole rings is 1. The standard InChI is InChI=1S/C9H18N4/c1-4-5-6(2)11-9-8(10)12-7(3)13-9/h6,11H,4-5,10H2,1-3H3,(H,12,13). The van der Waals surface area contributed by atoms with Crippen molar-refractivity contribution in [2.75, 3.05) is 11.1 Å². The number of aromatic amines is 1. The summed E-state index contributed by atoms with van der Waals surface area (Å²) in [7, 11) is 0. The van der Waals surface area contributed by atoms with Crippen LogP contribution in [0.2, 0.25) is 0 Å². The first-order valence-electron chi connectivity index (χ1n) is 4.72. The highest BCUT2D eigenvalue weighted by Gasteiger charge is 2.07. The van der Waals surface area contributed by atoms with Crippen molar-refractivity contribution in [2.24, 2.45) is 0 Å². The molecule has 4 nitrogen and oxygen atoms in total. The van der Waals surface area contributed by atoms with Crippen LogP contribution in [0.25, 0.3) is 0 Å². The van der Waals surface area contributed by atoms with Crippen LogP contribution >= 0.6 is 0 Å². The number of rotatable bonds is 4. The Morgan fingerprint density at radius 2 is 2.31 bits per heavy atom. The molecule has 1 aromatic rings. The van der Waals surface area contributed by atoms with Gasteiger partial charge in [-0.2, -0.15) is 0 Å². The van der Waals surface area contributed by atoms with Gasteiger partial charge in [-0.3, -0.25) is 0 Å². The highest BCUT2D eigenvalue weighted by molar-refractivity contribution is 5.57. The van der Waals surface area contributed by atoms with E-state index in [2.05, 4.69) is 29.1 Å². The van der Waals surface area contributed by atoms with Crippen LogP contribution in [0.3, 0.4) is 0 Å². The Labute approximate surface area is 78.9 Å². The Bertz CT molecular complexity index is 267. The molecule has 1 heterocycles. The summed E-state index contributed by atoms with van der Waals surface area (Å²) < 4.78 is 0. The lowest BCUT2D eigenvalue weighted by atomic mass is 10.2. The predicted octanol–water partition coefficient (Wildman–Crippen LogP) is 1.90. The fraction of sp³-hybridized carbons (Fsp3) is 0.667. The van der Waals surface area contributed by atoms with Gasteiger partial charge in [0.25, 0.3) is 0 Å². The molecule has 0 saturated carbocycles. The Morgan fingerprint density at radius 1 is 1.62 bits per heavy atom. The molecular formula is C9H18N4. The molecule has 1 atom stereocenters. The zero-order valence-corrected chi connectivity index (χ0v) is 8.52. The van der Waals surface area contributed by atoms with Crippen molar-refractivity contribution in [1.82, 2.24) is 9.97 Å². The molecule has 0 aliphatic heterocycles. The van der Waals surface area contributed by atoms with E-state index < -0.39 is 0 Å². The first kappa shape index (κ1) is 9.89. The number of hydrogen-bond acceptors (Lipinski definition) is 3. The van der Waals surface area contributed by atoms with E-state index in [0.717, 1.165) is 24.5 Å². The number of nitrogen functional groups attached to an aromatic ring is 1. The van der Waals surface area contributed by atoms with Crippen molar-refractivity contribution in [1.29, 1.82) is 0 Å². The third kappa shape index (κ3) is 2.65. The Balaban J connectivity index is 2.57. The van der Waals surface area contributed by atoms with Gasteiger partial charge in [-0.05, 0) is 20.3 Å². The molecule has 0 aliphatic carbocycles. The first-order valence-corrected chi connectivity index (χ1v) is 4.72. The second-order valence-electron chi connectivity index (χ2n) is 3.42. The Hall–Kier alpha value is -1.19. The van der Waals surface area contributed by atoms with Gasteiger partial charge in [0.2, 0.25) is 0 Å². The molecule has 74 valence electrons. The van der Waals surface area contributed by atoms with Crippen LogP contribution in [-0.2, 0) is 0 Å². The summed E-state index contributed by atoms with van der Waals surface area (Å²) in [5, 5.41) is 3.26. The van der Waals surface area contributed by atoms with Crippen molar-refractivity contribution < 1.29 is 0 Å². The van der Waals surface area contributed by atoms with Gasteiger partial charge in [0.05, 0.1) is 0 Å². The smallest absolute Gasteiger partial charge is 0.168 e. The molecule has 0 aromatic carbocycles. The van der Waals surface area contributed by atoms with E-state index in [0.29, 0.717) is 11.9 Å². The van der Waals surface area contributed by atoms with E-state index >= 15 is 0 Å². The van der Waals surface area contributed by atoms with E-state index in [9.17, 15) is 0 Å². The molecule has 0 radical (unpaired) electrons. The van der Waals surface area contributed by atoms with Gasteiger partial charge in [-0.1, -0.05) is 13.3 Å². The molecule has 0 aliphatic rings. The molecule has 13 heavy (non-hydrogen) atoms. The van der Waals surface area contributed by atoms with Crippen molar-refractivity contribution in [3.63, 3.8) is 0 Å². The maximum Gasteiger partial charge on any atom is 0.168 e. The maximum atomic E-state index is 5.71. The van der Waals surface area contributed by atoms with Gasteiger partial charge in [-0.15, -0.1) is 0 Å². The molecule has 4 N–H and O–H groups in total. The Kier molecular flexibility index (Phi) is 3.17. The molecule has 4 heteroatoms. The topological polar surface area (TPSA) is 66.7 Å². The average Bonchev–Trinajstić information content (AvgIpc) is 2.30. The van der Waals surface area contributed by atoms with Gasteiger partial charge >= 0.3 is 0 Å². The molecule has 1 rings (SSSR count). The lowest BCUT2D eigenvalue weighted by molar-refractivity contribution is 0.688. The van der Waals surface area contributed by atoms with Gasteiger partial charge in [0.15, 0.2) is 5.82 Å². The fourth-order valence-electron chi connectivity index (χ4n) is 1.36. The SMILES string of the molecule is CCCC(C)Nc1nc(C)[nH]c1N. The molecule has 0 amide bonds. The number of aromatic nitrogens is 2. The first-order chi connectivity index (χ1) is 6.13. The minimum absolute atomic E-state index is 0.426. The molecule has 1 unspecified atom stereocenters. The third-order valence-electron chi connectivity index (χ3n) is 1.96. The summed E-state index contributed by atoms with van der Waals surface area (Å²) in [6.45, 7) is 6.19. The van der Waals surface area contributed by atoms with Crippen molar-refractivity contribution >= 4 is 11.6 Å². The number of nitrogens with two attached hydrogens (primary N) is 1. The van der Waals surface area contributed by atoms with E-state index in [1.54, 1.807) is 0 Å². The molecule has 0 spiro atoms. The lowest BCUT2D eigenvalue weighted by Gasteiger charge is -2.11. The van der Waals surface area contributed by atoms with E-state index in [4.69, 9.17) is 5.73 Å². The predicted molar refractivity (Wildman–Crippen MR) is 55.7 cm³/mol. The van der Waals surface area contributed by atoms with Gasteiger partial charge in [0.1, 0.15) is 11.6 Å². The summed E-state index contributed by atoms with van der Waals surface area (Å²) in [4.78, 5) is 7.20. The second kappa shape index (κ2) is 4.16. The number of hydrogen-bond donors (Lipinski definition) is 3. The summed E-state index contributed by atoms with van der Waals surface area (Å²) in [5.74, 6) is 2.25. The van der Waals surface area contributed by atoms with Crippen LogP contribution in [0.4, 0.5) is 11.6 Å². The highest BCUT2D eigenvalue weighted by Crippen LogP contribution is 2.15. The average molecular weight is 182 g/mol. The van der Waals surface area contributed by atoms with Crippen LogP contribution in [0, 0.1) is 6.92 Å². The summed E-state index contributed by atoms with van der Waals surface area (Å²) in [6, 6.07) is 0.426. The van der Waals surface area contributed by atoms with Crippen molar-refractivity contribution in [2.45, 2.75) is 39.7 Å². The van der Waals surface area contributed by atoms with E-state index in [-0.39, 0.29) is 0 Å². The fourth-order valence-corrected chi connectivity index (χ4v) is 1.36.